The van der Waals surface area contributed by atoms with E-state index in [4.69, 9.17) is 18.9 Å². The van der Waals surface area contributed by atoms with Crippen LogP contribution < -0.4 is 0 Å². The Morgan fingerprint density at radius 2 is 1.82 bits per heavy atom. The molecule has 0 aromatic heterocycles. The number of piperidine rings is 1. The highest BCUT2D eigenvalue weighted by atomic mass is 16.6. The molecule has 1 aromatic rings. The number of carbonyl (C=O) groups is 1. The molecule has 1 aliphatic heterocycles. The Balaban J connectivity index is 1.51. The predicted molar refractivity (Wildman–Crippen MR) is 143 cm³/mol. The molecule has 1 aromatic carbocycles. The minimum Gasteiger partial charge on any atom is -0.454 e. The number of ether oxygens (including phenoxy) is 4. The Kier molecular flexibility index (Phi) is 6.10. The topological polar surface area (TPSA) is 118 Å². The van der Waals surface area contributed by atoms with E-state index in [-0.39, 0.29) is 29.7 Å². The van der Waals surface area contributed by atoms with E-state index in [1.54, 1.807) is 45.6 Å². The third kappa shape index (κ3) is 2.90. The average Bonchev–Trinajstić information content (AvgIpc) is 3.33. The molecule has 220 valence electrons. The average molecular weight is 558 g/mol. The van der Waals surface area contributed by atoms with Crippen LogP contribution >= 0.6 is 0 Å². The highest BCUT2D eigenvalue weighted by Gasteiger charge is 2.91. The zero-order valence-electron chi connectivity index (χ0n) is 23.9. The van der Waals surface area contributed by atoms with Crippen molar-refractivity contribution in [2.24, 2.45) is 34.5 Å². The Labute approximate surface area is 235 Å². The fourth-order valence-corrected chi connectivity index (χ4v) is 11.7. The Morgan fingerprint density at radius 1 is 1.07 bits per heavy atom. The lowest BCUT2D eigenvalue weighted by Gasteiger charge is -2.71. The number of hydrogen-bond acceptors (Lipinski definition) is 9. The van der Waals surface area contributed by atoms with E-state index in [1.807, 2.05) is 6.07 Å². The standard InChI is InChI=1S/C31H43NO8/c1-5-32-15-28(16-37-2)12-11-20(33)31-25(28)23(39-4)21(26(31)32)29(40-27(35)17-9-7-6-8-10-17)14-19(38-3)18-13-30(31,36)24(29)22(18)34/h6-10,18-26,33-34,36H,5,11-16H2,1-4H3/t18-,19+,20+,21?,22-,23+,24?,25-,26?,28+,29+,30+,31?/m1/s1. The summed E-state index contributed by atoms with van der Waals surface area (Å²) in [5.74, 6) is -2.22. The monoisotopic (exact) mass is 557 g/mol. The van der Waals surface area contributed by atoms with Crippen LogP contribution in [0.15, 0.2) is 30.3 Å². The summed E-state index contributed by atoms with van der Waals surface area (Å²) in [6, 6.07) is 8.59. The first-order chi connectivity index (χ1) is 19.2. The van der Waals surface area contributed by atoms with Gasteiger partial charge in [0.15, 0.2) is 0 Å². The first kappa shape index (κ1) is 27.3. The molecule has 7 rings (SSSR count). The fourth-order valence-electron chi connectivity index (χ4n) is 11.7. The Hall–Kier alpha value is -1.59. The lowest BCUT2D eigenvalue weighted by atomic mass is 9.41. The van der Waals surface area contributed by atoms with Crippen LogP contribution in [0.25, 0.3) is 0 Å². The lowest BCUT2D eigenvalue weighted by Crippen LogP contribution is -2.82. The number of hydrogen-bond donors (Lipinski definition) is 3. The van der Waals surface area contributed by atoms with E-state index in [0.29, 0.717) is 31.6 Å². The van der Waals surface area contributed by atoms with Crippen molar-refractivity contribution in [1.29, 1.82) is 0 Å². The molecule has 9 nitrogen and oxygen atoms in total. The molecule has 3 N–H and O–H groups in total. The third-order valence-corrected chi connectivity index (χ3v) is 12.4. The van der Waals surface area contributed by atoms with Gasteiger partial charge in [0.2, 0.25) is 0 Å². The summed E-state index contributed by atoms with van der Waals surface area (Å²) < 4.78 is 25.0. The fraction of sp³-hybridized carbons (Fsp3) is 0.774. The number of fused-ring (bicyclic) bond motifs is 2. The van der Waals surface area contributed by atoms with Crippen LogP contribution in [0.2, 0.25) is 0 Å². The molecule has 6 aliphatic rings. The molecule has 6 fully saturated rings. The molecule has 1 spiro atoms. The van der Waals surface area contributed by atoms with Gasteiger partial charge in [-0.25, -0.2) is 4.79 Å². The first-order valence-electron chi connectivity index (χ1n) is 14.9. The minimum atomic E-state index is -1.51. The molecule has 0 amide bonds. The van der Waals surface area contributed by atoms with E-state index < -0.39 is 58.8 Å². The number of likely N-dealkylation sites (tertiary alicyclic amines) is 1. The number of benzene rings is 1. The van der Waals surface area contributed by atoms with Gasteiger partial charge in [0.1, 0.15) is 5.60 Å². The summed E-state index contributed by atoms with van der Waals surface area (Å²) in [5.41, 5.74) is -3.69. The number of carbonyl (C=O) groups excluding carboxylic acids is 1. The molecule has 1 saturated heterocycles. The van der Waals surface area contributed by atoms with Gasteiger partial charge in [-0.15, -0.1) is 0 Å². The van der Waals surface area contributed by atoms with Crippen LogP contribution in [-0.4, -0.2) is 109 Å². The van der Waals surface area contributed by atoms with E-state index in [2.05, 4.69) is 11.8 Å². The molecular formula is C31H43NO8. The van der Waals surface area contributed by atoms with Gasteiger partial charge >= 0.3 is 5.97 Å². The van der Waals surface area contributed by atoms with Crippen LogP contribution in [0.5, 0.6) is 0 Å². The van der Waals surface area contributed by atoms with Gasteiger partial charge in [-0.3, -0.25) is 4.90 Å². The van der Waals surface area contributed by atoms with Crippen molar-refractivity contribution in [2.45, 2.75) is 74.3 Å². The van der Waals surface area contributed by atoms with Gasteiger partial charge in [0.25, 0.3) is 0 Å². The second-order valence-electron chi connectivity index (χ2n) is 13.4. The molecule has 40 heavy (non-hydrogen) atoms. The van der Waals surface area contributed by atoms with Crippen LogP contribution in [0.1, 0.15) is 43.0 Å². The maximum Gasteiger partial charge on any atom is 0.338 e. The number of aliphatic hydroxyl groups is 3. The van der Waals surface area contributed by atoms with Gasteiger partial charge in [-0.1, -0.05) is 25.1 Å². The molecule has 5 saturated carbocycles. The highest BCUT2D eigenvalue weighted by molar-refractivity contribution is 5.89. The van der Waals surface area contributed by atoms with E-state index >= 15 is 0 Å². The lowest BCUT2D eigenvalue weighted by molar-refractivity contribution is -0.324. The van der Waals surface area contributed by atoms with Gasteiger partial charge < -0.3 is 34.3 Å². The molecule has 4 unspecified atom stereocenters. The molecule has 1 heterocycles. The summed E-state index contributed by atoms with van der Waals surface area (Å²) >= 11 is 0. The van der Waals surface area contributed by atoms with Crippen LogP contribution in [0, 0.1) is 34.5 Å². The normalized spacial score (nSPS) is 52.0. The summed E-state index contributed by atoms with van der Waals surface area (Å²) in [7, 11) is 5.03. The first-order valence-corrected chi connectivity index (χ1v) is 14.9. The largest absolute Gasteiger partial charge is 0.454 e. The van der Waals surface area contributed by atoms with Crippen molar-refractivity contribution in [3.05, 3.63) is 35.9 Å². The predicted octanol–water partition coefficient (Wildman–Crippen LogP) is 1.48. The van der Waals surface area contributed by atoms with Crippen molar-refractivity contribution in [1.82, 2.24) is 4.90 Å². The number of nitrogens with zero attached hydrogens (tertiary/aromatic N) is 1. The number of methoxy groups -OCH3 is 3. The Bertz CT molecular complexity index is 1170. The van der Waals surface area contributed by atoms with Crippen molar-refractivity contribution >= 4 is 5.97 Å². The SMILES string of the molecule is CCN1C[C@]2(COC)CC[C@H](O)C34C1C([C@H](OC)[C@@H]32)[C@@]1(OC(=O)c2ccccc2)C[C@H](OC)[C@H]2C[C@]4(O)C1[C@@H]2O. The maximum absolute atomic E-state index is 13.9. The van der Waals surface area contributed by atoms with Gasteiger partial charge in [-0.2, -0.15) is 0 Å². The quantitative estimate of drug-likeness (QED) is 0.429. The summed E-state index contributed by atoms with van der Waals surface area (Å²) in [6.07, 6.45) is -0.690. The second-order valence-corrected chi connectivity index (χ2v) is 13.4. The summed E-state index contributed by atoms with van der Waals surface area (Å²) in [4.78, 5) is 16.3. The Morgan fingerprint density at radius 3 is 2.48 bits per heavy atom. The molecular weight excluding hydrogens is 514 g/mol. The summed E-state index contributed by atoms with van der Waals surface area (Å²) in [5, 5.41) is 37.5. The number of rotatable bonds is 7. The number of esters is 1. The number of aliphatic hydroxyl groups excluding tert-OH is 2. The van der Waals surface area contributed by atoms with E-state index in [1.165, 1.54) is 0 Å². The maximum atomic E-state index is 13.9. The highest BCUT2D eigenvalue weighted by Crippen LogP contribution is 2.80. The molecule has 0 radical (unpaired) electrons. The summed E-state index contributed by atoms with van der Waals surface area (Å²) in [6.45, 7) is 4.04. The molecule has 9 heteroatoms. The van der Waals surface area contributed by atoms with Crippen LogP contribution in [-0.2, 0) is 18.9 Å². The molecule has 7 bridgehead atoms. The second kappa shape index (κ2) is 8.96. The molecule has 13 atom stereocenters. The van der Waals surface area contributed by atoms with Gasteiger partial charge in [0, 0.05) is 68.9 Å². The zero-order valence-corrected chi connectivity index (χ0v) is 23.9. The van der Waals surface area contributed by atoms with Gasteiger partial charge in [0.05, 0.1) is 48.1 Å². The smallest absolute Gasteiger partial charge is 0.338 e. The minimum absolute atomic E-state index is 0.235. The van der Waals surface area contributed by atoms with Crippen molar-refractivity contribution < 1.29 is 39.1 Å². The third-order valence-electron chi connectivity index (χ3n) is 12.4. The van der Waals surface area contributed by atoms with E-state index in [9.17, 15) is 20.1 Å². The van der Waals surface area contributed by atoms with Crippen molar-refractivity contribution in [3.63, 3.8) is 0 Å². The van der Waals surface area contributed by atoms with E-state index in [0.717, 1.165) is 13.0 Å². The zero-order chi connectivity index (χ0) is 28.2. The van der Waals surface area contributed by atoms with Crippen molar-refractivity contribution in [2.75, 3.05) is 41.0 Å². The van der Waals surface area contributed by atoms with Gasteiger partial charge in [-0.05, 0) is 37.9 Å². The van der Waals surface area contributed by atoms with Crippen LogP contribution in [0.3, 0.4) is 0 Å². The van der Waals surface area contributed by atoms with Crippen LogP contribution in [0.4, 0.5) is 0 Å². The molecule has 5 aliphatic carbocycles. The van der Waals surface area contributed by atoms with Crippen molar-refractivity contribution in [3.8, 4) is 0 Å².